The first-order valence-corrected chi connectivity index (χ1v) is 16.2. The Kier molecular flexibility index (Phi) is 11.9. The van der Waals surface area contributed by atoms with Crippen LogP contribution in [0, 0.1) is 6.92 Å². The standard InChI is InChI=1S/C18H27NO.C17H23NO2.BrH.ClH/c1-4-11-19-12-5-6-15-14-8-7-13(2)18(20-3)16(14)9-10-17(15)19;1-2-9-18-10-3-4-13-12-6-8-16-17(20-11-19-16)14(12)5-7-15(13)18;;/h7-8,15,17H,4-6,9-12H2,1-3H3;6,8,13,15H,2-5,7,9-11H2,1H3;2*1H/t15-,17-;13-,15-;;/m00../s1. The number of nitrogens with zero attached hydrogens (tertiary/aromatic N) is 2. The van der Waals surface area contributed by atoms with E-state index in [-0.39, 0.29) is 29.4 Å². The number of halogens is 2. The molecule has 7 rings (SSSR count). The second-order valence-corrected chi connectivity index (χ2v) is 12.6. The molecule has 2 aliphatic carbocycles. The number of hydrogen-bond donors (Lipinski definition) is 0. The van der Waals surface area contributed by atoms with Crippen molar-refractivity contribution in [3.8, 4) is 17.2 Å². The van der Waals surface area contributed by atoms with Crippen molar-refractivity contribution < 1.29 is 14.2 Å². The zero-order valence-electron chi connectivity index (χ0n) is 26.2. The van der Waals surface area contributed by atoms with Crippen molar-refractivity contribution in [3.63, 3.8) is 0 Å². The third-order valence-corrected chi connectivity index (χ3v) is 10.4. The van der Waals surface area contributed by atoms with E-state index < -0.39 is 0 Å². The van der Waals surface area contributed by atoms with Crippen molar-refractivity contribution in [3.05, 3.63) is 52.1 Å². The third-order valence-electron chi connectivity index (χ3n) is 10.4. The lowest BCUT2D eigenvalue weighted by Gasteiger charge is -2.45. The van der Waals surface area contributed by atoms with Gasteiger partial charge in [0.25, 0.3) is 0 Å². The third kappa shape index (κ3) is 6.34. The number of fused-ring (bicyclic) bond motifs is 8. The van der Waals surface area contributed by atoms with Gasteiger partial charge in [-0.1, -0.05) is 32.0 Å². The number of ether oxygens (including phenoxy) is 3. The molecule has 42 heavy (non-hydrogen) atoms. The Hall–Kier alpha value is -1.47. The normalized spacial score (nSPS) is 25.7. The van der Waals surface area contributed by atoms with E-state index in [1.165, 1.54) is 106 Å². The summed E-state index contributed by atoms with van der Waals surface area (Å²) in [5, 5.41) is 0. The van der Waals surface area contributed by atoms with E-state index in [9.17, 15) is 0 Å². The van der Waals surface area contributed by atoms with Gasteiger partial charge in [0.1, 0.15) is 5.75 Å². The highest BCUT2D eigenvalue weighted by Crippen LogP contribution is 2.48. The molecule has 2 aromatic carbocycles. The zero-order valence-corrected chi connectivity index (χ0v) is 28.7. The lowest BCUT2D eigenvalue weighted by atomic mass is 9.73. The van der Waals surface area contributed by atoms with Gasteiger partial charge in [-0.05, 0) is 137 Å². The van der Waals surface area contributed by atoms with Crippen LogP contribution in [0.4, 0.5) is 0 Å². The van der Waals surface area contributed by atoms with Gasteiger partial charge in [-0.15, -0.1) is 29.4 Å². The van der Waals surface area contributed by atoms with Gasteiger partial charge in [-0.3, -0.25) is 9.80 Å². The average Bonchev–Trinajstić information content (AvgIpc) is 3.47. The summed E-state index contributed by atoms with van der Waals surface area (Å²) in [6.07, 6.45) is 12.8. The molecular formula is C35H52BrClN2O3. The summed E-state index contributed by atoms with van der Waals surface area (Å²) in [6, 6.07) is 10.6. The predicted octanol–water partition coefficient (Wildman–Crippen LogP) is 8.23. The number of aryl methyl sites for hydroxylation is 1. The van der Waals surface area contributed by atoms with E-state index in [0.717, 1.165) is 41.7 Å². The molecule has 2 aromatic rings. The molecule has 2 saturated heterocycles. The van der Waals surface area contributed by atoms with E-state index >= 15 is 0 Å². The Morgan fingerprint density at radius 2 is 1.36 bits per heavy atom. The van der Waals surface area contributed by atoms with Crippen molar-refractivity contribution in [2.45, 2.75) is 109 Å². The van der Waals surface area contributed by atoms with Gasteiger partial charge >= 0.3 is 0 Å². The summed E-state index contributed by atoms with van der Waals surface area (Å²) in [5.74, 6) is 4.56. The quantitative estimate of drug-likeness (QED) is 0.322. The minimum Gasteiger partial charge on any atom is -0.496 e. The topological polar surface area (TPSA) is 34.2 Å². The van der Waals surface area contributed by atoms with Crippen LogP contribution >= 0.6 is 29.4 Å². The van der Waals surface area contributed by atoms with Crippen LogP contribution in [0.25, 0.3) is 0 Å². The van der Waals surface area contributed by atoms with Crippen LogP contribution in [0.1, 0.15) is 105 Å². The fraction of sp³-hybridized carbons (Fsp3) is 0.657. The van der Waals surface area contributed by atoms with Gasteiger partial charge in [0, 0.05) is 17.6 Å². The molecular weight excluding hydrogens is 612 g/mol. The van der Waals surface area contributed by atoms with Gasteiger partial charge in [0.15, 0.2) is 11.5 Å². The summed E-state index contributed by atoms with van der Waals surface area (Å²) in [6.45, 7) is 12.2. The molecule has 5 nitrogen and oxygen atoms in total. The van der Waals surface area contributed by atoms with Crippen molar-refractivity contribution in [1.29, 1.82) is 0 Å². The van der Waals surface area contributed by atoms with Crippen molar-refractivity contribution >= 4 is 29.4 Å². The number of likely N-dealkylation sites (tertiary alicyclic amines) is 2. The lowest BCUT2D eigenvalue weighted by molar-refractivity contribution is 0.112. The molecule has 2 fully saturated rings. The van der Waals surface area contributed by atoms with Crippen LogP contribution in [0.5, 0.6) is 17.2 Å². The van der Waals surface area contributed by atoms with Crippen LogP contribution in [-0.4, -0.2) is 62.0 Å². The molecule has 0 aromatic heterocycles. The summed E-state index contributed by atoms with van der Waals surface area (Å²) >= 11 is 0. The summed E-state index contributed by atoms with van der Waals surface area (Å²) in [7, 11) is 1.82. The molecule has 0 amide bonds. The average molecular weight is 664 g/mol. The molecule has 3 aliphatic heterocycles. The first-order valence-electron chi connectivity index (χ1n) is 16.2. The summed E-state index contributed by atoms with van der Waals surface area (Å²) in [5.41, 5.74) is 7.31. The molecule has 0 bridgehead atoms. The Balaban J connectivity index is 0.000000184. The number of benzene rings is 2. The maximum atomic E-state index is 5.72. The second-order valence-electron chi connectivity index (χ2n) is 12.6. The summed E-state index contributed by atoms with van der Waals surface area (Å²) in [4.78, 5) is 5.46. The fourth-order valence-corrected chi connectivity index (χ4v) is 8.76. The summed E-state index contributed by atoms with van der Waals surface area (Å²) < 4.78 is 16.9. The maximum absolute atomic E-state index is 5.72. The molecule has 5 aliphatic rings. The van der Waals surface area contributed by atoms with Crippen molar-refractivity contribution in [1.82, 2.24) is 9.80 Å². The number of rotatable bonds is 5. The molecule has 4 atom stereocenters. The van der Waals surface area contributed by atoms with E-state index in [1.54, 1.807) is 5.56 Å². The van der Waals surface area contributed by atoms with Crippen LogP contribution in [0.2, 0.25) is 0 Å². The fourth-order valence-electron chi connectivity index (χ4n) is 8.76. The van der Waals surface area contributed by atoms with E-state index in [0.29, 0.717) is 12.7 Å². The monoisotopic (exact) mass is 662 g/mol. The molecule has 0 saturated carbocycles. The zero-order chi connectivity index (χ0) is 27.6. The minimum atomic E-state index is 0. The van der Waals surface area contributed by atoms with E-state index in [4.69, 9.17) is 14.2 Å². The largest absolute Gasteiger partial charge is 0.496 e. The molecule has 3 heterocycles. The predicted molar refractivity (Wildman–Crippen MR) is 180 cm³/mol. The highest BCUT2D eigenvalue weighted by Gasteiger charge is 2.39. The first-order chi connectivity index (χ1) is 19.6. The van der Waals surface area contributed by atoms with Gasteiger partial charge in [-0.25, -0.2) is 0 Å². The van der Waals surface area contributed by atoms with Gasteiger partial charge in [-0.2, -0.15) is 0 Å². The highest BCUT2D eigenvalue weighted by molar-refractivity contribution is 8.93. The van der Waals surface area contributed by atoms with Crippen LogP contribution in [-0.2, 0) is 12.8 Å². The number of piperidine rings is 2. The molecule has 0 unspecified atom stereocenters. The van der Waals surface area contributed by atoms with Gasteiger partial charge in [0.05, 0.1) is 7.11 Å². The van der Waals surface area contributed by atoms with Crippen LogP contribution in [0.15, 0.2) is 24.3 Å². The SMILES string of the molecule is Br.CCCN1CCC[C@H]2c3ccc(C)c(OC)c3CC[C@@H]21.CCCN1CCC[C@H]2c3ccc4c(c3CC[C@@H]21)OCO4.Cl. The lowest BCUT2D eigenvalue weighted by Crippen LogP contribution is -2.46. The van der Waals surface area contributed by atoms with Crippen LogP contribution < -0.4 is 14.2 Å². The Bertz CT molecular complexity index is 1140. The molecule has 0 radical (unpaired) electrons. The van der Waals surface area contributed by atoms with Crippen molar-refractivity contribution in [2.24, 2.45) is 0 Å². The first kappa shape index (κ1) is 33.4. The van der Waals surface area contributed by atoms with Crippen molar-refractivity contribution in [2.75, 3.05) is 40.1 Å². The molecule has 234 valence electrons. The van der Waals surface area contributed by atoms with Gasteiger partial charge < -0.3 is 14.2 Å². The minimum absolute atomic E-state index is 0. The van der Waals surface area contributed by atoms with Crippen LogP contribution in [0.3, 0.4) is 0 Å². The van der Waals surface area contributed by atoms with E-state index in [2.05, 4.69) is 54.8 Å². The molecule has 0 spiro atoms. The number of methoxy groups -OCH3 is 1. The highest BCUT2D eigenvalue weighted by atomic mass is 79.9. The van der Waals surface area contributed by atoms with E-state index in [1.807, 2.05) is 7.11 Å². The maximum Gasteiger partial charge on any atom is 0.231 e. The van der Waals surface area contributed by atoms with Gasteiger partial charge in [0.2, 0.25) is 6.79 Å². The molecule has 0 N–H and O–H groups in total. The second kappa shape index (κ2) is 15.0. The Morgan fingerprint density at radius 1 is 0.786 bits per heavy atom. The number of hydrogen-bond acceptors (Lipinski definition) is 5. The Labute approximate surface area is 270 Å². The molecule has 7 heteroatoms. The smallest absolute Gasteiger partial charge is 0.231 e. The Morgan fingerprint density at radius 3 is 1.95 bits per heavy atom.